The van der Waals surface area contributed by atoms with Crippen molar-refractivity contribution in [3.8, 4) is 17.2 Å². The standard InChI is InChI=1S/C23H25N3O3/c1-16(2)15-28-18-7-4-9-20(13-18)29-19-8-3-6-17(12-19)14-26-23(27)21-10-5-11-25-22(21)24/h3-13,16H,14-15H2,1-2H3,(H2,24,25)(H,26,27). The molecule has 3 aromatic rings. The van der Waals surface area contributed by atoms with Crippen molar-refractivity contribution in [3.63, 3.8) is 0 Å². The Bertz CT molecular complexity index is 973. The maximum absolute atomic E-state index is 12.3. The number of pyridine rings is 1. The Morgan fingerprint density at radius 3 is 2.52 bits per heavy atom. The zero-order chi connectivity index (χ0) is 20.6. The smallest absolute Gasteiger partial charge is 0.255 e. The third-order valence-electron chi connectivity index (χ3n) is 4.06. The van der Waals surface area contributed by atoms with Crippen LogP contribution in [0.5, 0.6) is 17.2 Å². The van der Waals surface area contributed by atoms with Crippen LogP contribution in [-0.4, -0.2) is 17.5 Å². The lowest BCUT2D eigenvalue weighted by Gasteiger charge is -2.12. The highest BCUT2D eigenvalue weighted by Gasteiger charge is 2.10. The normalized spacial score (nSPS) is 10.6. The number of nitrogen functional groups attached to an aromatic ring is 1. The topological polar surface area (TPSA) is 86.5 Å². The van der Waals surface area contributed by atoms with Crippen molar-refractivity contribution >= 4 is 11.7 Å². The van der Waals surface area contributed by atoms with Crippen molar-refractivity contribution in [1.29, 1.82) is 0 Å². The molecule has 29 heavy (non-hydrogen) atoms. The summed E-state index contributed by atoms with van der Waals surface area (Å²) in [5, 5.41) is 2.85. The van der Waals surface area contributed by atoms with Crippen LogP contribution in [0.4, 0.5) is 5.82 Å². The number of nitrogens with zero attached hydrogens (tertiary/aromatic N) is 1. The average Bonchev–Trinajstić information content (AvgIpc) is 2.71. The van der Waals surface area contributed by atoms with E-state index in [0.717, 1.165) is 11.3 Å². The monoisotopic (exact) mass is 391 g/mol. The van der Waals surface area contributed by atoms with Gasteiger partial charge in [0.1, 0.15) is 23.1 Å². The molecular formula is C23H25N3O3. The summed E-state index contributed by atoms with van der Waals surface area (Å²) in [4.78, 5) is 16.2. The Labute approximate surface area is 170 Å². The zero-order valence-corrected chi connectivity index (χ0v) is 16.6. The van der Waals surface area contributed by atoms with Crippen LogP contribution in [0, 0.1) is 5.92 Å². The van der Waals surface area contributed by atoms with Gasteiger partial charge in [-0.1, -0.05) is 32.0 Å². The molecule has 0 radical (unpaired) electrons. The molecule has 0 fully saturated rings. The molecule has 0 saturated carbocycles. The molecule has 0 unspecified atom stereocenters. The summed E-state index contributed by atoms with van der Waals surface area (Å²) in [5.41, 5.74) is 7.02. The van der Waals surface area contributed by atoms with Crippen LogP contribution in [-0.2, 0) is 6.54 Å². The van der Waals surface area contributed by atoms with Crippen molar-refractivity contribution in [2.45, 2.75) is 20.4 Å². The molecule has 1 heterocycles. The van der Waals surface area contributed by atoms with Crippen molar-refractivity contribution in [2.75, 3.05) is 12.3 Å². The highest BCUT2D eigenvalue weighted by molar-refractivity contribution is 5.98. The van der Waals surface area contributed by atoms with Crippen molar-refractivity contribution in [1.82, 2.24) is 10.3 Å². The van der Waals surface area contributed by atoms with E-state index in [1.807, 2.05) is 48.5 Å². The number of carbonyl (C=O) groups is 1. The van der Waals surface area contributed by atoms with Gasteiger partial charge in [0, 0.05) is 18.8 Å². The zero-order valence-electron chi connectivity index (χ0n) is 16.6. The van der Waals surface area contributed by atoms with Crippen LogP contribution in [0.2, 0.25) is 0 Å². The minimum atomic E-state index is -0.267. The molecule has 0 atom stereocenters. The second kappa shape index (κ2) is 9.59. The number of aromatic nitrogens is 1. The van der Waals surface area contributed by atoms with Crippen molar-refractivity contribution in [2.24, 2.45) is 5.92 Å². The molecule has 150 valence electrons. The molecule has 3 N–H and O–H groups in total. The lowest BCUT2D eigenvalue weighted by molar-refractivity contribution is 0.0951. The number of benzene rings is 2. The van der Waals surface area contributed by atoms with E-state index in [9.17, 15) is 4.79 Å². The number of amides is 1. The maximum Gasteiger partial charge on any atom is 0.255 e. The second-order valence-electron chi connectivity index (χ2n) is 7.05. The van der Waals surface area contributed by atoms with E-state index >= 15 is 0 Å². The van der Waals surface area contributed by atoms with E-state index in [2.05, 4.69) is 24.1 Å². The molecule has 0 saturated heterocycles. The van der Waals surface area contributed by atoms with Gasteiger partial charge in [0.2, 0.25) is 0 Å². The molecule has 0 bridgehead atoms. The SMILES string of the molecule is CC(C)COc1cccc(Oc2cccc(CNC(=O)c3cccnc3N)c2)c1. The number of anilines is 1. The Hall–Kier alpha value is -3.54. The predicted molar refractivity (Wildman–Crippen MR) is 113 cm³/mol. The van der Waals surface area contributed by atoms with Gasteiger partial charge >= 0.3 is 0 Å². The minimum absolute atomic E-state index is 0.210. The molecule has 1 aromatic heterocycles. The van der Waals surface area contributed by atoms with Crippen molar-refractivity contribution < 1.29 is 14.3 Å². The first-order chi connectivity index (χ1) is 14.0. The molecule has 1 amide bonds. The summed E-state index contributed by atoms with van der Waals surface area (Å²) < 4.78 is 11.7. The van der Waals surface area contributed by atoms with Crippen LogP contribution >= 0.6 is 0 Å². The first-order valence-electron chi connectivity index (χ1n) is 9.49. The Balaban J connectivity index is 1.62. The van der Waals surface area contributed by atoms with E-state index < -0.39 is 0 Å². The predicted octanol–water partition coefficient (Wildman–Crippen LogP) is 4.42. The highest BCUT2D eigenvalue weighted by atomic mass is 16.5. The highest BCUT2D eigenvalue weighted by Crippen LogP contribution is 2.26. The fourth-order valence-corrected chi connectivity index (χ4v) is 2.63. The molecule has 6 heteroatoms. The second-order valence-corrected chi connectivity index (χ2v) is 7.05. The quantitative estimate of drug-likeness (QED) is 0.594. The fraction of sp³-hybridized carbons (Fsp3) is 0.217. The number of hydrogen-bond donors (Lipinski definition) is 2. The molecule has 6 nitrogen and oxygen atoms in total. The maximum atomic E-state index is 12.3. The van der Waals surface area contributed by atoms with Crippen LogP contribution < -0.4 is 20.5 Å². The Morgan fingerprint density at radius 1 is 1.03 bits per heavy atom. The van der Waals surface area contributed by atoms with E-state index in [-0.39, 0.29) is 11.7 Å². The molecular weight excluding hydrogens is 366 g/mol. The van der Waals surface area contributed by atoms with Crippen LogP contribution in [0.1, 0.15) is 29.8 Å². The summed E-state index contributed by atoms with van der Waals surface area (Å²) in [7, 11) is 0. The van der Waals surface area contributed by atoms with Crippen molar-refractivity contribution in [3.05, 3.63) is 78.0 Å². The molecule has 0 aliphatic rings. The molecule has 0 aliphatic heterocycles. The van der Waals surface area contributed by atoms with Gasteiger partial charge in [-0.15, -0.1) is 0 Å². The number of nitrogens with one attached hydrogen (secondary N) is 1. The lowest BCUT2D eigenvalue weighted by atomic mass is 10.2. The average molecular weight is 391 g/mol. The van der Waals surface area contributed by atoms with Gasteiger partial charge in [-0.05, 0) is 47.9 Å². The summed E-state index contributed by atoms with van der Waals surface area (Å²) in [6, 6.07) is 18.4. The van der Waals surface area contributed by atoms with Gasteiger partial charge in [0.25, 0.3) is 5.91 Å². The first kappa shape index (κ1) is 20.2. The van der Waals surface area contributed by atoms with Gasteiger partial charge in [-0.2, -0.15) is 0 Å². The number of nitrogens with two attached hydrogens (primary N) is 1. The Morgan fingerprint density at radius 2 is 1.76 bits per heavy atom. The largest absolute Gasteiger partial charge is 0.493 e. The summed E-state index contributed by atoms with van der Waals surface area (Å²) in [6.45, 7) is 5.21. The summed E-state index contributed by atoms with van der Waals surface area (Å²) in [5.74, 6) is 2.54. The third kappa shape index (κ3) is 5.97. The number of rotatable bonds is 8. The van der Waals surface area contributed by atoms with Gasteiger partial charge in [0.05, 0.1) is 12.2 Å². The van der Waals surface area contributed by atoms with Gasteiger partial charge < -0.3 is 20.5 Å². The minimum Gasteiger partial charge on any atom is -0.493 e. The van der Waals surface area contributed by atoms with E-state index in [4.69, 9.17) is 15.2 Å². The van der Waals surface area contributed by atoms with Gasteiger partial charge in [-0.25, -0.2) is 4.98 Å². The lowest BCUT2D eigenvalue weighted by Crippen LogP contribution is -2.24. The summed E-state index contributed by atoms with van der Waals surface area (Å²) in [6.07, 6.45) is 1.55. The fourth-order valence-electron chi connectivity index (χ4n) is 2.63. The van der Waals surface area contributed by atoms with E-state index in [1.54, 1.807) is 18.3 Å². The third-order valence-corrected chi connectivity index (χ3v) is 4.06. The molecule has 0 aliphatic carbocycles. The van der Waals surface area contributed by atoms with E-state index in [1.165, 1.54) is 0 Å². The van der Waals surface area contributed by atoms with Crippen LogP contribution in [0.15, 0.2) is 66.9 Å². The molecule has 3 rings (SSSR count). The van der Waals surface area contributed by atoms with Gasteiger partial charge in [0.15, 0.2) is 0 Å². The summed E-state index contributed by atoms with van der Waals surface area (Å²) >= 11 is 0. The number of carbonyl (C=O) groups excluding carboxylic acids is 1. The Kier molecular flexibility index (Phi) is 6.68. The van der Waals surface area contributed by atoms with E-state index in [0.29, 0.717) is 36.1 Å². The van der Waals surface area contributed by atoms with Crippen LogP contribution in [0.25, 0.3) is 0 Å². The first-order valence-corrected chi connectivity index (χ1v) is 9.49. The number of hydrogen-bond acceptors (Lipinski definition) is 5. The number of ether oxygens (including phenoxy) is 2. The molecule has 0 spiro atoms. The van der Waals surface area contributed by atoms with Crippen LogP contribution in [0.3, 0.4) is 0 Å². The molecule has 2 aromatic carbocycles. The van der Waals surface area contributed by atoms with Gasteiger partial charge in [-0.3, -0.25) is 4.79 Å².